The monoisotopic (exact) mass is 296 g/mol. The number of hydrogen-bond donors (Lipinski definition) is 1. The molecule has 7 heteroatoms. The minimum absolute atomic E-state index is 0.0880. The van der Waals surface area contributed by atoms with E-state index in [1.54, 1.807) is 33.1 Å². The van der Waals surface area contributed by atoms with Gasteiger partial charge >= 0.3 is 0 Å². The maximum absolute atomic E-state index is 12.2. The van der Waals surface area contributed by atoms with Gasteiger partial charge in [0.2, 0.25) is 10.0 Å². The molecule has 0 fully saturated rings. The predicted molar refractivity (Wildman–Crippen MR) is 73.0 cm³/mol. The third-order valence-corrected chi connectivity index (χ3v) is 4.19. The van der Waals surface area contributed by atoms with E-state index in [-0.39, 0.29) is 11.4 Å². The summed E-state index contributed by atoms with van der Waals surface area (Å²) in [5, 5.41) is 0. The van der Waals surface area contributed by atoms with Crippen LogP contribution in [0.3, 0.4) is 0 Å². The molecule has 1 aromatic carbocycles. The quantitative estimate of drug-likeness (QED) is 0.909. The van der Waals surface area contributed by atoms with Gasteiger partial charge in [-0.3, -0.25) is 0 Å². The van der Waals surface area contributed by atoms with E-state index in [4.69, 9.17) is 9.15 Å². The van der Waals surface area contributed by atoms with Crippen molar-refractivity contribution in [3.05, 3.63) is 41.6 Å². The maximum atomic E-state index is 12.2. The first-order valence-electron chi connectivity index (χ1n) is 5.97. The molecule has 108 valence electrons. The first-order valence-corrected chi connectivity index (χ1v) is 7.46. The molecule has 6 nitrogen and oxygen atoms in total. The van der Waals surface area contributed by atoms with Crippen LogP contribution in [0.2, 0.25) is 0 Å². The minimum atomic E-state index is -3.58. The summed E-state index contributed by atoms with van der Waals surface area (Å²) in [5.74, 6) is 1.15. The van der Waals surface area contributed by atoms with Crippen LogP contribution in [0.1, 0.15) is 17.1 Å². The zero-order valence-electron chi connectivity index (χ0n) is 11.5. The number of oxazole rings is 1. The van der Waals surface area contributed by atoms with Gasteiger partial charge in [-0.15, -0.1) is 0 Å². The third-order valence-electron chi connectivity index (χ3n) is 2.79. The fourth-order valence-electron chi connectivity index (χ4n) is 1.76. The number of benzene rings is 1. The number of methoxy groups -OCH3 is 1. The second kappa shape index (κ2) is 5.64. The second-order valence-electron chi connectivity index (χ2n) is 4.31. The van der Waals surface area contributed by atoms with Crippen molar-refractivity contribution in [2.24, 2.45) is 0 Å². The van der Waals surface area contributed by atoms with Gasteiger partial charge in [-0.05, 0) is 30.7 Å². The van der Waals surface area contributed by atoms with E-state index in [0.29, 0.717) is 17.3 Å². The van der Waals surface area contributed by atoms with Crippen LogP contribution >= 0.6 is 0 Å². The highest BCUT2D eigenvalue weighted by atomic mass is 32.2. The Labute approximate surface area is 117 Å². The van der Waals surface area contributed by atoms with Crippen molar-refractivity contribution < 1.29 is 17.6 Å². The van der Waals surface area contributed by atoms with E-state index in [1.807, 2.05) is 0 Å². The Morgan fingerprint density at radius 2 is 2.10 bits per heavy atom. The van der Waals surface area contributed by atoms with Crippen molar-refractivity contribution in [2.45, 2.75) is 25.3 Å². The first kappa shape index (κ1) is 14.5. The number of nitrogens with zero attached hydrogens (tertiary/aromatic N) is 1. The van der Waals surface area contributed by atoms with Crippen molar-refractivity contribution in [1.29, 1.82) is 0 Å². The topological polar surface area (TPSA) is 81.4 Å². The van der Waals surface area contributed by atoms with Gasteiger partial charge in [-0.25, -0.2) is 18.1 Å². The van der Waals surface area contributed by atoms with Crippen LogP contribution in [-0.4, -0.2) is 20.5 Å². The van der Waals surface area contributed by atoms with Gasteiger partial charge in [-0.1, -0.05) is 0 Å². The molecule has 2 rings (SSSR count). The summed E-state index contributed by atoms with van der Waals surface area (Å²) >= 11 is 0. The fourth-order valence-corrected chi connectivity index (χ4v) is 2.84. The largest absolute Gasteiger partial charge is 0.496 e. The molecule has 0 spiro atoms. The van der Waals surface area contributed by atoms with Crippen molar-refractivity contribution in [1.82, 2.24) is 9.71 Å². The van der Waals surface area contributed by atoms with Crippen molar-refractivity contribution in [3.8, 4) is 5.75 Å². The molecule has 1 aromatic heterocycles. The van der Waals surface area contributed by atoms with E-state index < -0.39 is 10.0 Å². The normalized spacial score (nSPS) is 11.6. The second-order valence-corrected chi connectivity index (χ2v) is 6.08. The summed E-state index contributed by atoms with van der Waals surface area (Å²) in [6.45, 7) is 3.58. The van der Waals surface area contributed by atoms with E-state index in [2.05, 4.69) is 9.71 Å². The molecule has 0 radical (unpaired) electrons. The Balaban J connectivity index is 2.15. The minimum Gasteiger partial charge on any atom is -0.496 e. The lowest BCUT2D eigenvalue weighted by Gasteiger charge is -2.08. The molecule has 0 aliphatic carbocycles. The molecule has 0 saturated heterocycles. The lowest BCUT2D eigenvalue weighted by atomic mass is 10.2. The SMILES string of the molecule is COc1ccc(S(=O)(=O)NCc2coc(C)n2)cc1C. The van der Waals surface area contributed by atoms with Crippen LogP contribution in [0.25, 0.3) is 0 Å². The molecule has 20 heavy (non-hydrogen) atoms. The Bertz CT molecular complexity index is 707. The summed E-state index contributed by atoms with van der Waals surface area (Å²) in [6.07, 6.45) is 1.43. The Morgan fingerprint density at radius 3 is 2.65 bits per heavy atom. The van der Waals surface area contributed by atoms with Crippen LogP contribution in [0, 0.1) is 13.8 Å². The standard InChI is InChI=1S/C13H16N2O4S/c1-9-6-12(4-5-13(9)18-3)20(16,17)14-7-11-8-19-10(2)15-11/h4-6,8,14H,7H2,1-3H3. The first-order chi connectivity index (χ1) is 9.42. The van der Waals surface area contributed by atoms with E-state index in [1.165, 1.54) is 12.3 Å². The number of aryl methyl sites for hydroxylation is 2. The van der Waals surface area contributed by atoms with Crippen LogP contribution in [-0.2, 0) is 16.6 Å². The van der Waals surface area contributed by atoms with E-state index >= 15 is 0 Å². The lowest BCUT2D eigenvalue weighted by molar-refractivity contribution is 0.411. The summed E-state index contributed by atoms with van der Waals surface area (Å²) in [4.78, 5) is 4.23. The highest BCUT2D eigenvalue weighted by Gasteiger charge is 2.15. The molecule has 1 heterocycles. The molecule has 2 aromatic rings. The highest BCUT2D eigenvalue weighted by Crippen LogP contribution is 2.21. The number of ether oxygens (including phenoxy) is 1. The smallest absolute Gasteiger partial charge is 0.240 e. The molecule has 0 amide bonds. The fraction of sp³-hybridized carbons (Fsp3) is 0.308. The molecule has 0 saturated carbocycles. The van der Waals surface area contributed by atoms with Crippen molar-refractivity contribution in [3.63, 3.8) is 0 Å². The molecule has 0 aliphatic rings. The predicted octanol–water partition coefficient (Wildman–Crippen LogP) is 1.78. The highest BCUT2D eigenvalue weighted by molar-refractivity contribution is 7.89. The molecule has 0 bridgehead atoms. The Morgan fingerprint density at radius 1 is 1.35 bits per heavy atom. The molecular weight excluding hydrogens is 280 g/mol. The third kappa shape index (κ3) is 3.17. The van der Waals surface area contributed by atoms with Gasteiger partial charge in [0.25, 0.3) is 0 Å². The summed E-state index contributed by atoms with van der Waals surface area (Å²) in [5.41, 5.74) is 1.30. The number of nitrogens with one attached hydrogen (secondary N) is 1. The maximum Gasteiger partial charge on any atom is 0.240 e. The van der Waals surface area contributed by atoms with Crippen molar-refractivity contribution >= 4 is 10.0 Å². The number of rotatable bonds is 5. The van der Waals surface area contributed by atoms with Crippen LogP contribution < -0.4 is 9.46 Å². The van der Waals surface area contributed by atoms with Crippen LogP contribution in [0.5, 0.6) is 5.75 Å². The molecule has 0 aliphatic heterocycles. The Hall–Kier alpha value is -1.86. The molecular formula is C13H16N2O4S. The van der Waals surface area contributed by atoms with Gasteiger partial charge in [0.1, 0.15) is 12.0 Å². The molecule has 1 N–H and O–H groups in total. The van der Waals surface area contributed by atoms with Crippen LogP contribution in [0.4, 0.5) is 0 Å². The van der Waals surface area contributed by atoms with E-state index in [0.717, 1.165) is 5.56 Å². The Kier molecular flexibility index (Phi) is 4.10. The summed E-state index contributed by atoms with van der Waals surface area (Å²) in [7, 11) is -2.04. The molecule has 0 unspecified atom stereocenters. The average molecular weight is 296 g/mol. The lowest BCUT2D eigenvalue weighted by Crippen LogP contribution is -2.23. The van der Waals surface area contributed by atoms with Gasteiger partial charge < -0.3 is 9.15 Å². The van der Waals surface area contributed by atoms with Gasteiger partial charge in [0.05, 0.1) is 24.2 Å². The van der Waals surface area contributed by atoms with E-state index in [9.17, 15) is 8.42 Å². The number of aromatic nitrogens is 1. The van der Waals surface area contributed by atoms with Gasteiger partial charge in [0.15, 0.2) is 5.89 Å². The zero-order valence-corrected chi connectivity index (χ0v) is 12.3. The zero-order chi connectivity index (χ0) is 14.8. The van der Waals surface area contributed by atoms with Gasteiger partial charge in [0, 0.05) is 6.92 Å². The number of sulfonamides is 1. The average Bonchev–Trinajstić information content (AvgIpc) is 2.82. The van der Waals surface area contributed by atoms with Gasteiger partial charge in [-0.2, -0.15) is 0 Å². The van der Waals surface area contributed by atoms with Crippen molar-refractivity contribution in [2.75, 3.05) is 7.11 Å². The number of hydrogen-bond acceptors (Lipinski definition) is 5. The van der Waals surface area contributed by atoms with Crippen LogP contribution in [0.15, 0.2) is 33.8 Å². The molecule has 0 atom stereocenters. The summed E-state index contributed by atoms with van der Waals surface area (Å²) < 4.78 is 36.9. The summed E-state index contributed by atoms with van der Waals surface area (Å²) in [6, 6.07) is 4.70.